The molecule has 0 spiro atoms. The molecule has 0 atom stereocenters. The lowest BCUT2D eigenvalue weighted by atomic mass is 10.1. The number of benzene rings is 1. The van der Waals surface area contributed by atoms with E-state index in [4.69, 9.17) is 5.73 Å². The standard InChI is InChI=1S/C11H14F2N2O3/c12-9(13)6-15(5-4-14)11(18)10-7(16)2-1-3-8(10)17/h1-3,9,16-17H,4-6,14H2. The normalized spacial score (nSPS) is 10.7. The smallest absolute Gasteiger partial charge is 0.261 e. The van der Waals surface area contributed by atoms with Crippen molar-refractivity contribution in [2.24, 2.45) is 5.73 Å². The first kappa shape index (κ1) is 14.2. The van der Waals surface area contributed by atoms with E-state index in [9.17, 15) is 23.8 Å². The van der Waals surface area contributed by atoms with E-state index in [-0.39, 0.29) is 13.1 Å². The van der Waals surface area contributed by atoms with Crippen LogP contribution in [0.25, 0.3) is 0 Å². The number of rotatable bonds is 5. The largest absolute Gasteiger partial charge is 0.507 e. The van der Waals surface area contributed by atoms with E-state index in [1.807, 2.05) is 0 Å². The van der Waals surface area contributed by atoms with Gasteiger partial charge in [0.2, 0.25) is 0 Å². The van der Waals surface area contributed by atoms with E-state index in [1.165, 1.54) is 18.2 Å². The second-order valence-electron chi connectivity index (χ2n) is 3.60. The number of nitrogens with two attached hydrogens (primary N) is 1. The van der Waals surface area contributed by atoms with Crippen molar-refractivity contribution in [1.82, 2.24) is 4.90 Å². The zero-order chi connectivity index (χ0) is 13.7. The summed E-state index contributed by atoms with van der Waals surface area (Å²) in [6, 6.07) is 3.72. The van der Waals surface area contributed by atoms with Crippen molar-refractivity contribution >= 4 is 5.91 Å². The highest BCUT2D eigenvalue weighted by Gasteiger charge is 2.24. The van der Waals surface area contributed by atoms with Crippen LogP contribution in [0.3, 0.4) is 0 Å². The SMILES string of the molecule is NCCN(CC(F)F)C(=O)c1c(O)cccc1O. The summed E-state index contributed by atoms with van der Waals surface area (Å²) in [6.07, 6.45) is -2.71. The van der Waals surface area contributed by atoms with Crippen LogP contribution in [0, 0.1) is 0 Å². The molecule has 1 aromatic rings. The lowest BCUT2D eigenvalue weighted by Gasteiger charge is -2.22. The molecule has 0 aromatic heterocycles. The Hall–Kier alpha value is -1.89. The van der Waals surface area contributed by atoms with E-state index in [0.29, 0.717) is 0 Å². The molecule has 1 aromatic carbocycles. The van der Waals surface area contributed by atoms with Crippen molar-refractivity contribution in [3.8, 4) is 11.5 Å². The molecule has 0 aliphatic heterocycles. The van der Waals surface area contributed by atoms with Crippen LogP contribution in [0.1, 0.15) is 10.4 Å². The lowest BCUT2D eigenvalue weighted by molar-refractivity contribution is 0.0557. The summed E-state index contributed by atoms with van der Waals surface area (Å²) in [6.45, 7) is -0.881. The van der Waals surface area contributed by atoms with Gasteiger partial charge in [0.15, 0.2) is 0 Å². The summed E-state index contributed by atoms with van der Waals surface area (Å²) >= 11 is 0. The lowest BCUT2D eigenvalue weighted by Crippen LogP contribution is -2.38. The predicted octanol–water partition coefficient (Wildman–Crippen LogP) is 0.764. The van der Waals surface area contributed by atoms with E-state index in [1.54, 1.807) is 0 Å². The third-order valence-corrected chi connectivity index (χ3v) is 2.28. The number of hydrogen-bond donors (Lipinski definition) is 3. The average molecular weight is 260 g/mol. The van der Waals surface area contributed by atoms with Gasteiger partial charge in [-0.1, -0.05) is 6.07 Å². The summed E-state index contributed by atoms with van der Waals surface area (Å²) in [5.41, 5.74) is 4.84. The minimum atomic E-state index is -2.71. The van der Waals surface area contributed by atoms with Gasteiger partial charge in [-0.25, -0.2) is 8.78 Å². The summed E-state index contributed by atoms with van der Waals surface area (Å²) in [5.74, 6) is -1.80. The molecule has 0 aliphatic carbocycles. The number of carbonyl (C=O) groups excluding carboxylic acids is 1. The molecular weight excluding hydrogens is 246 g/mol. The zero-order valence-corrected chi connectivity index (χ0v) is 9.51. The highest BCUT2D eigenvalue weighted by atomic mass is 19.3. The monoisotopic (exact) mass is 260 g/mol. The van der Waals surface area contributed by atoms with E-state index >= 15 is 0 Å². The number of hydrogen-bond acceptors (Lipinski definition) is 4. The van der Waals surface area contributed by atoms with Crippen LogP contribution in [0.15, 0.2) is 18.2 Å². The number of alkyl halides is 2. The number of carbonyl (C=O) groups is 1. The summed E-state index contributed by atoms with van der Waals surface area (Å²) < 4.78 is 24.7. The first-order chi connectivity index (χ1) is 8.47. The van der Waals surface area contributed by atoms with Gasteiger partial charge in [0.25, 0.3) is 12.3 Å². The molecule has 0 heterocycles. The van der Waals surface area contributed by atoms with Gasteiger partial charge in [-0.2, -0.15) is 0 Å². The Morgan fingerprint density at radius 3 is 2.33 bits per heavy atom. The molecule has 5 nitrogen and oxygen atoms in total. The van der Waals surface area contributed by atoms with Crippen molar-refractivity contribution in [1.29, 1.82) is 0 Å². The zero-order valence-electron chi connectivity index (χ0n) is 9.51. The Morgan fingerprint density at radius 1 is 1.33 bits per heavy atom. The van der Waals surface area contributed by atoms with Crippen LogP contribution in [-0.2, 0) is 0 Å². The summed E-state index contributed by atoms with van der Waals surface area (Å²) in [4.78, 5) is 12.7. The molecular formula is C11H14F2N2O3. The van der Waals surface area contributed by atoms with Crippen LogP contribution in [-0.4, -0.2) is 47.1 Å². The second-order valence-corrected chi connectivity index (χ2v) is 3.60. The van der Waals surface area contributed by atoms with Crippen LogP contribution >= 0.6 is 0 Å². The number of nitrogens with zero attached hydrogens (tertiary/aromatic N) is 1. The van der Waals surface area contributed by atoms with E-state index < -0.39 is 35.9 Å². The Kier molecular flexibility index (Phi) is 4.85. The minimum Gasteiger partial charge on any atom is -0.507 e. The Morgan fingerprint density at radius 2 is 1.89 bits per heavy atom. The maximum absolute atomic E-state index is 12.3. The molecule has 0 saturated carbocycles. The van der Waals surface area contributed by atoms with Crippen molar-refractivity contribution in [2.45, 2.75) is 6.43 Å². The van der Waals surface area contributed by atoms with Crippen LogP contribution < -0.4 is 5.73 Å². The van der Waals surface area contributed by atoms with Gasteiger partial charge in [-0.05, 0) is 12.1 Å². The number of phenols is 2. The first-order valence-electron chi connectivity index (χ1n) is 5.25. The Bertz CT molecular complexity index is 406. The van der Waals surface area contributed by atoms with Crippen LogP contribution in [0.2, 0.25) is 0 Å². The van der Waals surface area contributed by atoms with Crippen molar-refractivity contribution in [3.05, 3.63) is 23.8 Å². The molecule has 0 unspecified atom stereocenters. The average Bonchev–Trinajstić information content (AvgIpc) is 2.27. The maximum Gasteiger partial charge on any atom is 0.261 e. The molecule has 0 saturated heterocycles. The summed E-state index contributed by atoms with van der Waals surface area (Å²) in [5, 5.41) is 19.0. The molecule has 1 rings (SSSR count). The quantitative estimate of drug-likeness (QED) is 0.729. The van der Waals surface area contributed by atoms with Crippen molar-refractivity contribution in [3.63, 3.8) is 0 Å². The van der Waals surface area contributed by atoms with Gasteiger partial charge in [-0.3, -0.25) is 4.79 Å². The number of aromatic hydroxyl groups is 2. The number of phenolic OH excluding ortho intramolecular Hbond substituents is 2. The molecule has 7 heteroatoms. The predicted molar refractivity (Wildman–Crippen MR) is 60.7 cm³/mol. The topological polar surface area (TPSA) is 86.8 Å². The van der Waals surface area contributed by atoms with Gasteiger partial charge < -0.3 is 20.8 Å². The third-order valence-electron chi connectivity index (χ3n) is 2.28. The fourth-order valence-corrected chi connectivity index (χ4v) is 1.50. The van der Waals surface area contributed by atoms with Gasteiger partial charge in [0, 0.05) is 13.1 Å². The summed E-state index contributed by atoms with van der Waals surface area (Å²) in [7, 11) is 0. The van der Waals surface area contributed by atoms with Crippen LogP contribution in [0.4, 0.5) is 8.78 Å². The second kappa shape index (κ2) is 6.15. The van der Waals surface area contributed by atoms with Crippen molar-refractivity contribution < 1.29 is 23.8 Å². The van der Waals surface area contributed by atoms with Crippen LogP contribution in [0.5, 0.6) is 11.5 Å². The maximum atomic E-state index is 12.3. The third kappa shape index (κ3) is 3.30. The molecule has 100 valence electrons. The molecule has 0 fully saturated rings. The number of halogens is 2. The molecule has 4 N–H and O–H groups in total. The Labute approximate surface area is 102 Å². The molecule has 18 heavy (non-hydrogen) atoms. The van der Waals surface area contributed by atoms with Gasteiger partial charge in [0.05, 0.1) is 6.54 Å². The minimum absolute atomic E-state index is 0.00676. The van der Waals surface area contributed by atoms with Crippen molar-refractivity contribution in [2.75, 3.05) is 19.6 Å². The first-order valence-corrected chi connectivity index (χ1v) is 5.25. The highest BCUT2D eigenvalue weighted by Crippen LogP contribution is 2.27. The highest BCUT2D eigenvalue weighted by molar-refractivity contribution is 5.99. The fourth-order valence-electron chi connectivity index (χ4n) is 1.50. The van der Waals surface area contributed by atoms with Gasteiger partial charge in [0.1, 0.15) is 17.1 Å². The Balaban J connectivity index is 3.01. The molecule has 0 aliphatic rings. The molecule has 0 radical (unpaired) electrons. The van der Waals surface area contributed by atoms with Gasteiger partial charge >= 0.3 is 0 Å². The van der Waals surface area contributed by atoms with E-state index in [0.717, 1.165) is 4.90 Å². The fraction of sp³-hybridized carbons (Fsp3) is 0.364. The van der Waals surface area contributed by atoms with E-state index in [2.05, 4.69) is 0 Å². The number of amides is 1. The van der Waals surface area contributed by atoms with Gasteiger partial charge in [-0.15, -0.1) is 0 Å². The molecule has 0 bridgehead atoms. The molecule has 1 amide bonds.